The molecule has 2 aromatic carbocycles. The van der Waals surface area contributed by atoms with E-state index in [-0.39, 0.29) is 23.1 Å². The second-order valence-corrected chi connectivity index (χ2v) is 8.52. The van der Waals surface area contributed by atoms with Gasteiger partial charge in [-0.1, -0.05) is 18.2 Å². The van der Waals surface area contributed by atoms with Gasteiger partial charge in [0, 0.05) is 0 Å². The fourth-order valence-electron chi connectivity index (χ4n) is 3.73. The van der Waals surface area contributed by atoms with Crippen LogP contribution < -0.4 is 19.7 Å². The zero-order chi connectivity index (χ0) is 26.7. The quantitative estimate of drug-likeness (QED) is 0.215. The highest BCUT2D eigenvalue weighted by Gasteiger charge is 2.35. The summed E-state index contributed by atoms with van der Waals surface area (Å²) in [7, 11) is 2.74. The van der Waals surface area contributed by atoms with Crippen LogP contribution in [0.3, 0.4) is 0 Å². The van der Waals surface area contributed by atoms with E-state index in [1.165, 1.54) is 31.3 Å². The topological polar surface area (TPSA) is 107 Å². The molecular weight excluding hydrogens is 496 g/mol. The largest absolute Gasteiger partial charge is 0.493 e. The lowest BCUT2D eigenvalue weighted by molar-refractivity contribution is -0.122. The van der Waals surface area contributed by atoms with Gasteiger partial charge in [-0.25, -0.2) is 4.79 Å². The van der Waals surface area contributed by atoms with Gasteiger partial charge in [-0.2, -0.15) is 0 Å². The molecule has 0 unspecified atom stereocenters. The van der Waals surface area contributed by atoms with Gasteiger partial charge < -0.3 is 18.6 Å². The van der Waals surface area contributed by atoms with Gasteiger partial charge >= 0.3 is 5.97 Å². The lowest BCUT2D eigenvalue weighted by Gasteiger charge is -2.30. The van der Waals surface area contributed by atoms with Crippen molar-refractivity contribution in [3.8, 4) is 11.5 Å². The van der Waals surface area contributed by atoms with Gasteiger partial charge in [0.1, 0.15) is 17.9 Å². The first-order valence-electron chi connectivity index (χ1n) is 11.2. The van der Waals surface area contributed by atoms with E-state index >= 15 is 0 Å². The summed E-state index contributed by atoms with van der Waals surface area (Å²) in [4.78, 5) is 38.9. The molecule has 10 heteroatoms. The van der Waals surface area contributed by atoms with Crippen molar-refractivity contribution < 1.29 is 33.0 Å². The van der Waals surface area contributed by atoms with E-state index in [0.29, 0.717) is 28.5 Å². The molecule has 1 fully saturated rings. The summed E-state index contributed by atoms with van der Waals surface area (Å²) < 4.78 is 21.2. The predicted molar refractivity (Wildman–Crippen MR) is 139 cm³/mol. The number of thiocarbonyl (C=S) groups is 1. The van der Waals surface area contributed by atoms with Crippen LogP contribution >= 0.6 is 12.2 Å². The summed E-state index contributed by atoms with van der Waals surface area (Å²) in [6.45, 7) is 3.87. The molecule has 3 aromatic rings. The molecule has 1 N–H and O–H groups in total. The molecule has 190 valence electrons. The Labute approximate surface area is 218 Å². The van der Waals surface area contributed by atoms with Gasteiger partial charge in [-0.05, 0) is 79.2 Å². The number of esters is 1. The van der Waals surface area contributed by atoms with Crippen molar-refractivity contribution in [1.29, 1.82) is 0 Å². The van der Waals surface area contributed by atoms with Crippen LogP contribution in [0.4, 0.5) is 5.69 Å². The zero-order valence-electron chi connectivity index (χ0n) is 20.6. The van der Waals surface area contributed by atoms with Crippen molar-refractivity contribution in [3.63, 3.8) is 0 Å². The first-order valence-corrected chi connectivity index (χ1v) is 11.6. The fourth-order valence-corrected chi connectivity index (χ4v) is 4.00. The molecule has 37 heavy (non-hydrogen) atoms. The van der Waals surface area contributed by atoms with Gasteiger partial charge in [0.2, 0.25) is 5.76 Å². The van der Waals surface area contributed by atoms with E-state index in [0.717, 1.165) is 11.1 Å². The van der Waals surface area contributed by atoms with Crippen molar-refractivity contribution in [2.45, 2.75) is 20.5 Å². The molecule has 1 aliphatic rings. The smallest absolute Gasteiger partial charge is 0.373 e. The van der Waals surface area contributed by atoms with E-state index in [1.807, 2.05) is 26.0 Å². The molecule has 2 amide bonds. The lowest BCUT2D eigenvalue weighted by Crippen LogP contribution is -2.54. The predicted octanol–water partition coefficient (Wildman–Crippen LogP) is 4.10. The Morgan fingerprint density at radius 1 is 1.08 bits per heavy atom. The Morgan fingerprint density at radius 2 is 1.86 bits per heavy atom. The molecule has 1 aromatic heterocycles. The average molecular weight is 521 g/mol. The molecule has 4 rings (SSSR count). The number of anilines is 1. The van der Waals surface area contributed by atoms with E-state index in [4.69, 9.17) is 26.1 Å². The minimum absolute atomic E-state index is 0.0236. The Morgan fingerprint density at radius 3 is 2.59 bits per heavy atom. The minimum atomic E-state index is -0.588. The van der Waals surface area contributed by atoms with Crippen molar-refractivity contribution in [2.75, 3.05) is 19.1 Å². The molecule has 0 atom stereocenters. The summed E-state index contributed by atoms with van der Waals surface area (Å²) in [5.74, 6) is -0.436. The first kappa shape index (κ1) is 25.6. The molecule has 1 aliphatic heterocycles. The van der Waals surface area contributed by atoms with Gasteiger partial charge in [-0.15, -0.1) is 0 Å². The highest BCUT2D eigenvalue weighted by molar-refractivity contribution is 7.80. The number of methoxy groups -OCH3 is 2. The van der Waals surface area contributed by atoms with Crippen molar-refractivity contribution in [1.82, 2.24) is 5.32 Å². The molecular formula is C27H24N2O7S. The summed E-state index contributed by atoms with van der Waals surface area (Å²) in [5, 5.41) is 2.62. The molecule has 2 heterocycles. The maximum absolute atomic E-state index is 13.4. The third kappa shape index (κ3) is 5.24. The van der Waals surface area contributed by atoms with Gasteiger partial charge in [0.15, 0.2) is 16.6 Å². The molecule has 0 aliphatic carbocycles. The van der Waals surface area contributed by atoms with Crippen molar-refractivity contribution in [3.05, 3.63) is 82.3 Å². The van der Waals surface area contributed by atoms with Crippen LogP contribution in [0.5, 0.6) is 11.5 Å². The Bertz CT molecular complexity index is 1440. The number of furan rings is 1. The third-order valence-corrected chi connectivity index (χ3v) is 6.12. The Kier molecular flexibility index (Phi) is 7.40. The second kappa shape index (κ2) is 10.7. The lowest BCUT2D eigenvalue weighted by atomic mass is 10.0. The van der Waals surface area contributed by atoms with E-state index in [2.05, 4.69) is 10.1 Å². The summed E-state index contributed by atoms with van der Waals surface area (Å²) in [5.41, 5.74) is 2.95. The molecule has 1 saturated heterocycles. The number of carbonyl (C=O) groups excluding carboxylic acids is 3. The number of benzene rings is 2. The van der Waals surface area contributed by atoms with Gasteiger partial charge in [0.05, 0.1) is 19.9 Å². The molecule has 0 saturated carbocycles. The number of rotatable bonds is 7. The summed E-state index contributed by atoms with van der Waals surface area (Å²) >= 11 is 5.31. The number of nitrogens with zero attached hydrogens (tertiary/aromatic N) is 1. The van der Waals surface area contributed by atoms with Crippen LogP contribution in [-0.2, 0) is 20.9 Å². The SMILES string of the molecule is COC(=O)c1ccc(COc2ccc(/C=C3/C(=O)NC(=S)N(c4cccc(C)c4C)C3=O)cc2OC)o1. The number of hydrogen-bond acceptors (Lipinski definition) is 8. The average Bonchev–Trinajstić information content (AvgIpc) is 3.36. The van der Waals surface area contributed by atoms with Crippen molar-refractivity contribution in [2.24, 2.45) is 0 Å². The minimum Gasteiger partial charge on any atom is -0.493 e. The van der Waals surface area contributed by atoms with Crippen LogP contribution in [0, 0.1) is 13.8 Å². The second-order valence-electron chi connectivity index (χ2n) is 8.13. The molecule has 0 spiro atoms. The van der Waals surface area contributed by atoms with E-state index in [1.54, 1.807) is 30.3 Å². The number of amides is 2. The highest BCUT2D eigenvalue weighted by atomic mass is 32.1. The third-order valence-electron chi connectivity index (χ3n) is 5.84. The maximum Gasteiger partial charge on any atom is 0.373 e. The zero-order valence-corrected chi connectivity index (χ0v) is 21.4. The van der Waals surface area contributed by atoms with E-state index in [9.17, 15) is 14.4 Å². The van der Waals surface area contributed by atoms with Gasteiger partial charge in [-0.3, -0.25) is 19.8 Å². The molecule has 0 bridgehead atoms. The Hall–Kier alpha value is -4.44. The molecule has 0 radical (unpaired) electrons. The van der Waals surface area contributed by atoms with E-state index < -0.39 is 17.8 Å². The van der Waals surface area contributed by atoms with Crippen LogP contribution in [-0.4, -0.2) is 37.1 Å². The first-order chi connectivity index (χ1) is 17.7. The summed E-state index contributed by atoms with van der Waals surface area (Å²) in [6, 6.07) is 13.6. The fraction of sp³-hybridized carbons (Fsp3) is 0.185. The monoisotopic (exact) mass is 520 g/mol. The number of hydrogen-bond donors (Lipinski definition) is 1. The maximum atomic E-state index is 13.4. The number of ether oxygens (including phenoxy) is 3. The van der Waals surface area contributed by atoms with Crippen LogP contribution in [0.25, 0.3) is 6.08 Å². The van der Waals surface area contributed by atoms with Crippen LogP contribution in [0.2, 0.25) is 0 Å². The number of aryl methyl sites for hydroxylation is 1. The number of nitrogens with one attached hydrogen (secondary N) is 1. The highest BCUT2D eigenvalue weighted by Crippen LogP contribution is 2.31. The van der Waals surface area contributed by atoms with Gasteiger partial charge in [0.25, 0.3) is 11.8 Å². The van der Waals surface area contributed by atoms with Crippen LogP contribution in [0.15, 0.2) is 58.5 Å². The normalized spacial score (nSPS) is 14.5. The van der Waals surface area contributed by atoms with Crippen LogP contribution in [0.1, 0.15) is 33.0 Å². The van der Waals surface area contributed by atoms with Crippen molar-refractivity contribution >= 4 is 46.9 Å². The number of carbonyl (C=O) groups is 3. The standard InChI is InChI=1S/C27H24N2O7S/c1-15-6-5-7-20(16(15)2)29-25(31)19(24(30)28-27(29)37)12-17-8-10-21(23(13-17)33-3)35-14-18-9-11-22(36-18)26(32)34-4/h5-13H,14H2,1-4H3,(H,28,30,37)/b19-12-. The Balaban J connectivity index is 1.58. The summed E-state index contributed by atoms with van der Waals surface area (Å²) in [6.07, 6.45) is 1.47. The molecule has 9 nitrogen and oxygen atoms in total.